The number of likely N-dealkylation sites (tertiary alicyclic amines) is 1. The minimum atomic E-state index is -0.143. The maximum atomic E-state index is 12.6. The van der Waals surface area contributed by atoms with E-state index in [1.54, 1.807) is 0 Å². The predicted octanol–water partition coefficient (Wildman–Crippen LogP) is 2.76. The molecule has 1 aliphatic carbocycles. The van der Waals surface area contributed by atoms with Gasteiger partial charge in [0.25, 0.3) is 5.91 Å². The van der Waals surface area contributed by atoms with Crippen LogP contribution in [0.25, 0.3) is 0 Å². The van der Waals surface area contributed by atoms with Crippen LogP contribution < -0.4 is 5.32 Å². The Morgan fingerprint density at radius 1 is 1.12 bits per heavy atom. The van der Waals surface area contributed by atoms with Gasteiger partial charge in [-0.15, -0.1) is 0 Å². The number of carbonyl (C=O) groups excluding carboxylic acids is 2. The second kappa shape index (κ2) is 7.39. The molecular weight excluding hydrogens is 328 g/mol. The van der Waals surface area contributed by atoms with Crippen LogP contribution in [0.5, 0.6) is 0 Å². The summed E-state index contributed by atoms with van der Waals surface area (Å²) in [4.78, 5) is 26.7. The van der Waals surface area contributed by atoms with Gasteiger partial charge in [0.15, 0.2) is 0 Å². The lowest BCUT2D eigenvalue weighted by molar-refractivity contribution is -0.134. The van der Waals surface area contributed by atoms with Crippen molar-refractivity contribution in [3.05, 3.63) is 35.9 Å². The zero-order valence-electron chi connectivity index (χ0n) is 15.3. The van der Waals surface area contributed by atoms with Crippen molar-refractivity contribution in [3.63, 3.8) is 0 Å². The Morgan fingerprint density at radius 3 is 2.54 bits per heavy atom. The van der Waals surface area contributed by atoms with E-state index in [2.05, 4.69) is 5.32 Å². The van der Waals surface area contributed by atoms with Crippen molar-refractivity contribution >= 4 is 11.8 Å². The van der Waals surface area contributed by atoms with Crippen LogP contribution in [0.1, 0.15) is 55.3 Å². The van der Waals surface area contributed by atoms with Gasteiger partial charge in [-0.1, -0.05) is 18.2 Å². The summed E-state index contributed by atoms with van der Waals surface area (Å²) in [7, 11) is 0. The minimum Gasteiger partial charge on any atom is -0.375 e. The number of hydrogen-bond acceptors (Lipinski definition) is 3. The van der Waals surface area contributed by atoms with Crippen molar-refractivity contribution in [3.8, 4) is 0 Å². The molecule has 2 heterocycles. The Kier molecular flexibility index (Phi) is 4.98. The molecule has 0 radical (unpaired) electrons. The van der Waals surface area contributed by atoms with E-state index < -0.39 is 0 Å². The highest BCUT2D eigenvalue weighted by Gasteiger charge is 2.41. The van der Waals surface area contributed by atoms with Crippen LogP contribution in [0, 0.1) is 5.92 Å². The van der Waals surface area contributed by atoms with E-state index in [0.717, 1.165) is 63.8 Å². The van der Waals surface area contributed by atoms with Crippen molar-refractivity contribution in [2.45, 2.75) is 56.6 Å². The van der Waals surface area contributed by atoms with Gasteiger partial charge in [0.2, 0.25) is 5.91 Å². The quantitative estimate of drug-likeness (QED) is 0.902. The van der Waals surface area contributed by atoms with E-state index in [-0.39, 0.29) is 17.4 Å². The van der Waals surface area contributed by atoms with Gasteiger partial charge >= 0.3 is 0 Å². The molecule has 26 heavy (non-hydrogen) atoms. The monoisotopic (exact) mass is 356 g/mol. The van der Waals surface area contributed by atoms with E-state index in [1.807, 2.05) is 35.2 Å². The third-order valence-corrected chi connectivity index (χ3v) is 5.99. The van der Waals surface area contributed by atoms with E-state index in [4.69, 9.17) is 4.74 Å². The first kappa shape index (κ1) is 17.5. The lowest BCUT2D eigenvalue weighted by atomic mass is 9.78. The molecule has 0 aromatic heterocycles. The maximum absolute atomic E-state index is 12.6. The Morgan fingerprint density at radius 2 is 1.85 bits per heavy atom. The van der Waals surface area contributed by atoms with Crippen LogP contribution in [-0.4, -0.2) is 48.1 Å². The molecule has 5 heteroatoms. The number of rotatable bonds is 4. The van der Waals surface area contributed by atoms with Gasteiger partial charge < -0.3 is 15.0 Å². The summed E-state index contributed by atoms with van der Waals surface area (Å²) in [6, 6.07) is 9.91. The highest BCUT2D eigenvalue weighted by molar-refractivity contribution is 5.94. The summed E-state index contributed by atoms with van der Waals surface area (Å²) in [5, 5.41) is 3.10. The first-order valence-corrected chi connectivity index (χ1v) is 9.91. The lowest BCUT2D eigenvalue weighted by Crippen LogP contribution is -2.51. The third-order valence-electron chi connectivity index (χ3n) is 5.99. The molecule has 1 spiro atoms. The molecule has 140 valence electrons. The topological polar surface area (TPSA) is 58.6 Å². The Bertz CT molecular complexity index is 648. The van der Waals surface area contributed by atoms with Gasteiger partial charge in [0.05, 0.1) is 5.60 Å². The molecule has 2 saturated heterocycles. The smallest absolute Gasteiger partial charge is 0.253 e. The number of carbonyl (C=O) groups is 2. The number of amides is 2. The first-order valence-electron chi connectivity index (χ1n) is 9.91. The second-order valence-electron chi connectivity index (χ2n) is 8.09. The molecule has 1 atom stereocenters. The summed E-state index contributed by atoms with van der Waals surface area (Å²) in [5.41, 5.74) is 0.610. The number of hydrogen-bond donors (Lipinski definition) is 1. The fourth-order valence-electron chi connectivity index (χ4n) is 4.31. The first-order chi connectivity index (χ1) is 12.6. The predicted molar refractivity (Wildman–Crippen MR) is 98.8 cm³/mol. The summed E-state index contributed by atoms with van der Waals surface area (Å²) >= 11 is 0. The number of benzene rings is 1. The van der Waals surface area contributed by atoms with Gasteiger partial charge in [-0.2, -0.15) is 0 Å². The van der Waals surface area contributed by atoms with Crippen molar-refractivity contribution < 1.29 is 14.3 Å². The molecular formula is C21H28N2O3. The average Bonchev–Trinajstić information content (AvgIpc) is 3.46. The van der Waals surface area contributed by atoms with Crippen LogP contribution in [0.15, 0.2) is 30.3 Å². The molecule has 3 fully saturated rings. The molecule has 3 aliphatic rings. The van der Waals surface area contributed by atoms with E-state index in [9.17, 15) is 9.59 Å². The molecule has 5 nitrogen and oxygen atoms in total. The third kappa shape index (κ3) is 4.09. The van der Waals surface area contributed by atoms with Crippen LogP contribution >= 0.6 is 0 Å². The van der Waals surface area contributed by atoms with Crippen LogP contribution in [-0.2, 0) is 9.53 Å². The summed E-state index contributed by atoms with van der Waals surface area (Å²) in [5.74, 6) is 0.710. The van der Waals surface area contributed by atoms with Gasteiger partial charge in [-0.3, -0.25) is 9.59 Å². The molecule has 4 rings (SSSR count). The molecule has 1 saturated carbocycles. The van der Waals surface area contributed by atoms with Crippen molar-refractivity contribution in [1.82, 2.24) is 10.2 Å². The van der Waals surface area contributed by atoms with Crippen molar-refractivity contribution in [2.75, 3.05) is 19.7 Å². The van der Waals surface area contributed by atoms with Crippen LogP contribution in [0.4, 0.5) is 0 Å². The lowest BCUT2D eigenvalue weighted by Gasteiger charge is -2.46. The van der Waals surface area contributed by atoms with Gasteiger partial charge in [-0.05, 0) is 56.6 Å². The number of nitrogens with one attached hydrogen (secondary N) is 1. The molecule has 1 aromatic rings. The fourth-order valence-corrected chi connectivity index (χ4v) is 4.31. The van der Waals surface area contributed by atoms with Gasteiger partial charge in [0.1, 0.15) is 0 Å². The largest absolute Gasteiger partial charge is 0.375 e. The van der Waals surface area contributed by atoms with E-state index in [1.165, 1.54) is 0 Å². The summed E-state index contributed by atoms with van der Waals surface area (Å²) in [6.45, 7) is 2.19. The second-order valence-corrected chi connectivity index (χ2v) is 8.09. The summed E-state index contributed by atoms with van der Waals surface area (Å²) < 4.78 is 6.18. The highest BCUT2D eigenvalue weighted by Crippen LogP contribution is 2.39. The zero-order valence-corrected chi connectivity index (χ0v) is 15.3. The number of piperidine rings is 1. The molecule has 2 amide bonds. The van der Waals surface area contributed by atoms with E-state index >= 15 is 0 Å². The molecule has 1 unspecified atom stereocenters. The number of ether oxygens (including phenoxy) is 1. The molecule has 1 N–H and O–H groups in total. The van der Waals surface area contributed by atoms with E-state index in [0.29, 0.717) is 18.4 Å². The minimum absolute atomic E-state index is 0.108. The highest BCUT2D eigenvalue weighted by atomic mass is 16.5. The van der Waals surface area contributed by atoms with Crippen molar-refractivity contribution in [1.29, 1.82) is 0 Å². The Labute approximate surface area is 155 Å². The molecule has 2 aliphatic heterocycles. The summed E-state index contributed by atoms with van der Waals surface area (Å²) in [6.07, 6.45) is 6.53. The SMILES string of the molecule is O=C(CC1CCOC2(CCN(C(=O)c3ccccc3)CC2)C1)NC1CC1. The fraction of sp³-hybridized carbons (Fsp3) is 0.619. The van der Waals surface area contributed by atoms with Crippen molar-refractivity contribution in [2.24, 2.45) is 5.92 Å². The zero-order chi connectivity index (χ0) is 18.0. The maximum Gasteiger partial charge on any atom is 0.253 e. The van der Waals surface area contributed by atoms with Crippen LogP contribution in [0.2, 0.25) is 0 Å². The molecule has 1 aromatic carbocycles. The van der Waals surface area contributed by atoms with Gasteiger partial charge in [-0.25, -0.2) is 0 Å². The normalized spacial score (nSPS) is 25.1. The van der Waals surface area contributed by atoms with Gasteiger partial charge in [0, 0.05) is 37.7 Å². The number of nitrogens with zero attached hydrogens (tertiary/aromatic N) is 1. The molecule has 0 bridgehead atoms. The Balaban J connectivity index is 1.31. The Hall–Kier alpha value is -1.88. The average molecular weight is 356 g/mol. The van der Waals surface area contributed by atoms with Crippen LogP contribution in [0.3, 0.4) is 0 Å². The standard InChI is InChI=1S/C21H28N2O3/c24-19(22-18-6-7-18)14-16-8-13-26-21(15-16)9-11-23(12-10-21)20(25)17-4-2-1-3-5-17/h1-5,16,18H,6-15H2,(H,22,24).